The predicted molar refractivity (Wildman–Crippen MR) is 78.5 cm³/mol. The molecule has 2 rings (SSSR count). The van der Waals surface area contributed by atoms with E-state index in [9.17, 15) is 9.59 Å². The Labute approximate surface area is 124 Å². The van der Waals surface area contributed by atoms with Gasteiger partial charge < -0.3 is 10.0 Å². The molecule has 1 aromatic carbocycles. The molecule has 0 aromatic heterocycles. The Morgan fingerprint density at radius 1 is 1.47 bits per heavy atom. The van der Waals surface area contributed by atoms with E-state index in [1.165, 1.54) is 0 Å². The van der Waals surface area contributed by atoms with E-state index < -0.39 is 5.97 Å². The minimum absolute atomic E-state index is 0.00669. The van der Waals surface area contributed by atoms with Crippen molar-refractivity contribution in [1.29, 1.82) is 0 Å². The van der Waals surface area contributed by atoms with Gasteiger partial charge in [-0.2, -0.15) is 11.8 Å². The Morgan fingerprint density at radius 2 is 2.26 bits per heavy atom. The molecule has 0 spiro atoms. The van der Waals surface area contributed by atoms with E-state index in [0.717, 1.165) is 10.2 Å². The molecule has 102 valence electrons. The summed E-state index contributed by atoms with van der Waals surface area (Å²) >= 11 is 5.04. The highest BCUT2D eigenvalue weighted by atomic mass is 79.9. The van der Waals surface area contributed by atoms with Crippen molar-refractivity contribution in [2.75, 3.05) is 18.1 Å². The maximum Gasteiger partial charge on any atom is 0.305 e. The lowest BCUT2D eigenvalue weighted by atomic mass is 10.1. The van der Waals surface area contributed by atoms with Gasteiger partial charge in [-0.15, -0.1) is 0 Å². The van der Waals surface area contributed by atoms with Crippen LogP contribution in [0.1, 0.15) is 16.8 Å². The van der Waals surface area contributed by atoms with Crippen molar-refractivity contribution in [2.45, 2.75) is 12.5 Å². The first-order valence-electron chi connectivity index (χ1n) is 5.94. The van der Waals surface area contributed by atoms with Crippen LogP contribution in [0.15, 0.2) is 28.7 Å². The Bertz CT molecular complexity index is 495. The molecule has 0 radical (unpaired) electrons. The molecule has 1 atom stereocenters. The summed E-state index contributed by atoms with van der Waals surface area (Å²) in [4.78, 5) is 25.0. The van der Waals surface area contributed by atoms with Crippen LogP contribution in [0.25, 0.3) is 0 Å². The standard InChI is InChI=1S/C13H14BrNO3S/c14-10-3-1-2-9(6-10)13(18)15-4-5-19-8-11(15)7-12(16)17/h1-3,6,11H,4-5,7-8H2,(H,16,17). The van der Waals surface area contributed by atoms with Gasteiger partial charge in [0.05, 0.1) is 12.5 Å². The van der Waals surface area contributed by atoms with Gasteiger partial charge in [-0.1, -0.05) is 22.0 Å². The first-order chi connectivity index (χ1) is 9.08. The molecule has 6 heteroatoms. The molecular weight excluding hydrogens is 330 g/mol. The molecule has 1 aliphatic rings. The van der Waals surface area contributed by atoms with Crippen LogP contribution in [0.3, 0.4) is 0 Å². The summed E-state index contributed by atoms with van der Waals surface area (Å²) in [5.74, 6) is 0.592. The number of carbonyl (C=O) groups is 2. The van der Waals surface area contributed by atoms with Gasteiger partial charge in [0.25, 0.3) is 5.91 Å². The van der Waals surface area contributed by atoms with Crippen LogP contribution in [0.4, 0.5) is 0 Å². The number of hydrogen-bond donors (Lipinski definition) is 1. The van der Waals surface area contributed by atoms with Crippen molar-refractivity contribution in [3.8, 4) is 0 Å². The second kappa shape index (κ2) is 6.43. The van der Waals surface area contributed by atoms with E-state index in [2.05, 4.69) is 15.9 Å². The number of aliphatic carboxylic acids is 1. The Balaban J connectivity index is 2.17. The molecule has 0 aliphatic carbocycles. The molecule has 0 saturated carbocycles. The van der Waals surface area contributed by atoms with Gasteiger partial charge in [-0.3, -0.25) is 9.59 Å². The highest BCUT2D eigenvalue weighted by Gasteiger charge is 2.29. The van der Waals surface area contributed by atoms with Gasteiger partial charge >= 0.3 is 5.97 Å². The van der Waals surface area contributed by atoms with Crippen LogP contribution in [0.2, 0.25) is 0 Å². The lowest BCUT2D eigenvalue weighted by molar-refractivity contribution is -0.138. The molecule has 1 fully saturated rings. The molecule has 1 amide bonds. The van der Waals surface area contributed by atoms with Crippen LogP contribution in [-0.2, 0) is 4.79 Å². The third-order valence-corrected chi connectivity index (χ3v) is 4.56. The van der Waals surface area contributed by atoms with Crippen molar-refractivity contribution in [3.63, 3.8) is 0 Å². The fraction of sp³-hybridized carbons (Fsp3) is 0.385. The molecule has 1 aliphatic heterocycles. The number of halogens is 1. The number of benzene rings is 1. The van der Waals surface area contributed by atoms with E-state index in [1.54, 1.807) is 28.8 Å². The third kappa shape index (κ3) is 3.73. The first-order valence-corrected chi connectivity index (χ1v) is 7.89. The molecular formula is C13H14BrNO3S. The first kappa shape index (κ1) is 14.4. The van der Waals surface area contributed by atoms with Crippen LogP contribution < -0.4 is 0 Å². The second-order valence-corrected chi connectivity index (χ2v) is 6.40. The SMILES string of the molecule is O=C(O)CC1CSCCN1C(=O)c1cccc(Br)c1. The lowest BCUT2D eigenvalue weighted by Crippen LogP contribution is -2.47. The summed E-state index contributed by atoms with van der Waals surface area (Å²) < 4.78 is 0.847. The van der Waals surface area contributed by atoms with E-state index in [0.29, 0.717) is 17.9 Å². The molecule has 1 N–H and O–H groups in total. The third-order valence-electron chi connectivity index (χ3n) is 2.97. The van der Waals surface area contributed by atoms with Crippen LogP contribution >= 0.6 is 27.7 Å². The van der Waals surface area contributed by atoms with Crippen molar-refractivity contribution >= 4 is 39.6 Å². The largest absolute Gasteiger partial charge is 0.481 e. The van der Waals surface area contributed by atoms with Gasteiger partial charge in [-0.05, 0) is 18.2 Å². The fourth-order valence-electron chi connectivity index (χ4n) is 2.08. The number of amides is 1. The van der Waals surface area contributed by atoms with Gasteiger partial charge in [0.2, 0.25) is 0 Å². The molecule has 1 heterocycles. The lowest BCUT2D eigenvalue weighted by Gasteiger charge is -2.34. The zero-order chi connectivity index (χ0) is 13.8. The summed E-state index contributed by atoms with van der Waals surface area (Å²) in [5, 5.41) is 8.93. The predicted octanol–water partition coefficient (Wildman–Crippen LogP) is 2.48. The van der Waals surface area contributed by atoms with Crippen LogP contribution in [0.5, 0.6) is 0 Å². The zero-order valence-corrected chi connectivity index (χ0v) is 12.6. The van der Waals surface area contributed by atoms with Crippen LogP contribution in [-0.4, -0.2) is 46.0 Å². The Hall–Kier alpha value is -1.01. The Morgan fingerprint density at radius 3 is 2.95 bits per heavy atom. The molecule has 0 bridgehead atoms. The van der Waals surface area contributed by atoms with Gasteiger partial charge in [0.15, 0.2) is 0 Å². The number of hydrogen-bond acceptors (Lipinski definition) is 3. The van der Waals surface area contributed by atoms with E-state index in [4.69, 9.17) is 5.11 Å². The number of nitrogens with zero attached hydrogens (tertiary/aromatic N) is 1. The summed E-state index contributed by atoms with van der Waals surface area (Å²) in [7, 11) is 0. The number of thioether (sulfide) groups is 1. The highest BCUT2D eigenvalue weighted by Crippen LogP contribution is 2.22. The zero-order valence-electron chi connectivity index (χ0n) is 10.2. The van der Waals surface area contributed by atoms with Crippen LogP contribution in [0, 0.1) is 0 Å². The summed E-state index contributed by atoms with van der Waals surface area (Å²) in [6.45, 7) is 0.605. The van der Waals surface area contributed by atoms with Crippen molar-refractivity contribution < 1.29 is 14.7 Å². The van der Waals surface area contributed by atoms with E-state index >= 15 is 0 Å². The minimum Gasteiger partial charge on any atom is -0.481 e. The quantitative estimate of drug-likeness (QED) is 0.915. The molecule has 19 heavy (non-hydrogen) atoms. The molecule has 1 saturated heterocycles. The maximum absolute atomic E-state index is 12.4. The number of carboxylic acid groups (broad SMARTS) is 1. The van der Waals surface area contributed by atoms with Crippen molar-refractivity contribution in [3.05, 3.63) is 34.3 Å². The average molecular weight is 344 g/mol. The molecule has 1 aromatic rings. The summed E-state index contributed by atoms with van der Waals surface area (Å²) in [6, 6.07) is 6.97. The minimum atomic E-state index is -0.862. The Kier molecular flexibility index (Phi) is 4.87. The molecule has 4 nitrogen and oxygen atoms in total. The highest BCUT2D eigenvalue weighted by molar-refractivity contribution is 9.10. The van der Waals surface area contributed by atoms with E-state index in [-0.39, 0.29) is 18.4 Å². The monoisotopic (exact) mass is 343 g/mol. The normalized spacial score (nSPS) is 19.2. The smallest absolute Gasteiger partial charge is 0.305 e. The number of carboxylic acids is 1. The maximum atomic E-state index is 12.4. The van der Waals surface area contributed by atoms with Gasteiger partial charge in [0.1, 0.15) is 0 Å². The van der Waals surface area contributed by atoms with Gasteiger partial charge in [-0.25, -0.2) is 0 Å². The second-order valence-electron chi connectivity index (χ2n) is 4.34. The van der Waals surface area contributed by atoms with Gasteiger partial charge in [0, 0.05) is 28.1 Å². The molecule has 1 unspecified atom stereocenters. The summed E-state index contributed by atoms with van der Waals surface area (Å²) in [6.07, 6.45) is 0.00669. The van der Waals surface area contributed by atoms with Crippen molar-refractivity contribution in [2.24, 2.45) is 0 Å². The average Bonchev–Trinajstić information content (AvgIpc) is 2.38. The fourth-order valence-corrected chi connectivity index (χ4v) is 3.54. The number of carbonyl (C=O) groups excluding carboxylic acids is 1. The number of rotatable bonds is 3. The van der Waals surface area contributed by atoms with E-state index in [1.807, 2.05) is 12.1 Å². The van der Waals surface area contributed by atoms with Crippen molar-refractivity contribution in [1.82, 2.24) is 4.90 Å². The topological polar surface area (TPSA) is 57.6 Å². The summed E-state index contributed by atoms with van der Waals surface area (Å²) in [5.41, 5.74) is 0.594.